The quantitative estimate of drug-likeness (QED) is 0.351. The molecular weight excluding hydrogens is 219 g/mol. The Labute approximate surface area is 92.0 Å². The molecule has 0 radical (unpaired) electrons. The molecule has 0 N–H and O–H groups in total. The minimum absolute atomic E-state index is 0. The molecule has 1 rings (SSSR count). The second-order valence-corrected chi connectivity index (χ2v) is 3.45. The number of hydrogen-bond acceptors (Lipinski definition) is 1. The summed E-state index contributed by atoms with van der Waals surface area (Å²) in [7, 11) is 0. The van der Waals surface area contributed by atoms with E-state index >= 15 is 0 Å². The van der Waals surface area contributed by atoms with Gasteiger partial charge in [-0.25, -0.2) is 12.2 Å². The van der Waals surface area contributed by atoms with Crippen LogP contribution in [0.3, 0.4) is 0 Å². The van der Waals surface area contributed by atoms with Crippen LogP contribution in [0.1, 0.15) is 13.3 Å². The first-order chi connectivity index (χ1) is 4.50. The molecule has 1 aliphatic rings. The summed E-state index contributed by atoms with van der Waals surface area (Å²) in [6.07, 6.45) is 10.0. The summed E-state index contributed by atoms with van der Waals surface area (Å²) in [4.78, 5) is 0. The van der Waals surface area contributed by atoms with Gasteiger partial charge in [-0.15, -0.1) is 29.6 Å². The van der Waals surface area contributed by atoms with Crippen molar-refractivity contribution in [3.05, 3.63) is 24.3 Å². The van der Waals surface area contributed by atoms with E-state index < -0.39 is 4.52 Å². The Bertz CT molecular complexity index is 122. The van der Waals surface area contributed by atoms with Crippen LogP contribution in [0.15, 0.2) is 18.2 Å². The summed E-state index contributed by atoms with van der Waals surface area (Å²) in [6.45, 7) is 1.16. The van der Waals surface area contributed by atoms with Crippen LogP contribution in [0, 0.1) is 6.08 Å². The standard InChI is InChI=1S/C5H5.C2H3Cl2O.Ti/c1-2-4-5-3-1;1-2(3,4)5;/h1-3H,4H2;1H3;/q2*-1;+2. The summed E-state index contributed by atoms with van der Waals surface area (Å²) >= 11 is 9.48. The van der Waals surface area contributed by atoms with E-state index in [0.29, 0.717) is 0 Å². The zero-order valence-electron chi connectivity index (χ0n) is 6.10. The zero-order chi connectivity index (χ0) is 8.04. The molecule has 0 bridgehead atoms. The summed E-state index contributed by atoms with van der Waals surface area (Å²) in [6, 6.07) is 0. The summed E-state index contributed by atoms with van der Waals surface area (Å²) in [5.41, 5.74) is 0. The molecular formula is C7H8Cl2OTi. The van der Waals surface area contributed by atoms with Crippen LogP contribution in [0.25, 0.3) is 0 Å². The van der Waals surface area contributed by atoms with Gasteiger partial charge in [0.2, 0.25) is 0 Å². The Morgan fingerprint density at radius 3 is 2.09 bits per heavy atom. The maximum atomic E-state index is 9.64. The van der Waals surface area contributed by atoms with Crippen LogP contribution in [0.4, 0.5) is 0 Å². The third-order valence-electron chi connectivity index (χ3n) is 0.586. The summed E-state index contributed by atoms with van der Waals surface area (Å²) in [5.74, 6) is 0. The fraction of sp³-hybridized carbons (Fsp3) is 0.429. The van der Waals surface area contributed by atoms with Gasteiger partial charge in [-0.1, -0.05) is 0 Å². The second kappa shape index (κ2) is 7.39. The molecule has 11 heavy (non-hydrogen) atoms. The van der Waals surface area contributed by atoms with Crippen molar-refractivity contribution in [2.45, 2.75) is 17.9 Å². The van der Waals surface area contributed by atoms with Crippen LogP contribution < -0.4 is 5.11 Å². The number of hydrogen-bond donors (Lipinski definition) is 0. The molecule has 0 heterocycles. The molecule has 0 atom stereocenters. The molecule has 4 heteroatoms. The first kappa shape index (κ1) is 14.3. The molecule has 0 aromatic carbocycles. The van der Waals surface area contributed by atoms with Gasteiger partial charge in [0.1, 0.15) is 0 Å². The molecule has 1 nitrogen and oxygen atoms in total. The van der Waals surface area contributed by atoms with E-state index in [9.17, 15) is 5.11 Å². The SMILES string of the molecule is CC([O-])(Cl)Cl.[C-]1=CC=CC1.[Ti+2]. The van der Waals surface area contributed by atoms with Crippen LogP contribution >= 0.6 is 23.2 Å². The van der Waals surface area contributed by atoms with Crippen LogP contribution in [0.2, 0.25) is 0 Å². The van der Waals surface area contributed by atoms with Crippen molar-refractivity contribution in [3.63, 3.8) is 0 Å². The Morgan fingerprint density at radius 1 is 1.55 bits per heavy atom. The van der Waals surface area contributed by atoms with Gasteiger partial charge in [0.15, 0.2) is 0 Å². The third kappa shape index (κ3) is 24.9. The van der Waals surface area contributed by atoms with E-state index in [-0.39, 0.29) is 21.7 Å². The first-order valence-corrected chi connectivity index (χ1v) is 3.56. The van der Waals surface area contributed by atoms with Crippen molar-refractivity contribution in [1.82, 2.24) is 0 Å². The average molecular weight is 227 g/mol. The normalized spacial score (nSPS) is 13.5. The molecule has 0 aromatic heterocycles. The van der Waals surface area contributed by atoms with Crippen LogP contribution in [0.5, 0.6) is 0 Å². The minimum Gasteiger partial charge on any atom is -0.826 e. The zero-order valence-corrected chi connectivity index (χ0v) is 9.18. The predicted molar refractivity (Wildman–Crippen MR) is 41.7 cm³/mol. The van der Waals surface area contributed by atoms with Crippen molar-refractivity contribution < 1.29 is 26.8 Å². The topological polar surface area (TPSA) is 23.1 Å². The fourth-order valence-electron chi connectivity index (χ4n) is 0.340. The van der Waals surface area contributed by atoms with Gasteiger partial charge in [-0.2, -0.15) is 6.08 Å². The smallest absolute Gasteiger partial charge is 0.826 e. The van der Waals surface area contributed by atoms with Crippen molar-refractivity contribution in [2.75, 3.05) is 0 Å². The molecule has 0 unspecified atom stereocenters. The van der Waals surface area contributed by atoms with Crippen LogP contribution in [-0.4, -0.2) is 4.52 Å². The van der Waals surface area contributed by atoms with Gasteiger partial charge >= 0.3 is 21.7 Å². The maximum Gasteiger partial charge on any atom is 2.00 e. The van der Waals surface area contributed by atoms with Crippen LogP contribution in [-0.2, 0) is 21.7 Å². The van der Waals surface area contributed by atoms with Gasteiger partial charge in [0.05, 0.1) is 0 Å². The number of alkyl halides is 2. The van der Waals surface area contributed by atoms with E-state index in [0.717, 1.165) is 13.3 Å². The Kier molecular flexibility index (Phi) is 9.58. The summed E-state index contributed by atoms with van der Waals surface area (Å²) < 4.78 is -1.81. The Balaban J connectivity index is 0. The maximum absolute atomic E-state index is 9.64. The van der Waals surface area contributed by atoms with E-state index in [1.165, 1.54) is 0 Å². The van der Waals surface area contributed by atoms with Crippen molar-refractivity contribution in [3.8, 4) is 0 Å². The molecule has 0 aliphatic heterocycles. The third-order valence-corrected chi connectivity index (χ3v) is 0.586. The van der Waals surface area contributed by atoms with E-state index in [1.54, 1.807) is 0 Å². The minimum atomic E-state index is -1.81. The molecule has 0 saturated heterocycles. The molecule has 60 valence electrons. The molecule has 0 amide bonds. The van der Waals surface area contributed by atoms with Gasteiger partial charge in [0.25, 0.3) is 0 Å². The van der Waals surface area contributed by atoms with E-state index in [4.69, 9.17) is 23.2 Å². The molecule has 0 spiro atoms. The summed E-state index contributed by atoms with van der Waals surface area (Å²) in [5, 5.41) is 9.64. The molecule has 0 saturated carbocycles. The van der Waals surface area contributed by atoms with E-state index in [2.05, 4.69) is 12.2 Å². The van der Waals surface area contributed by atoms with Gasteiger partial charge < -0.3 is 5.11 Å². The van der Waals surface area contributed by atoms with Crippen molar-refractivity contribution in [1.29, 1.82) is 0 Å². The monoisotopic (exact) mass is 226 g/mol. The fourth-order valence-corrected chi connectivity index (χ4v) is 0.340. The molecule has 1 aliphatic carbocycles. The molecule has 0 fully saturated rings. The average Bonchev–Trinajstić information content (AvgIpc) is 2.07. The largest absolute Gasteiger partial charge is 2.00 e. The Hall–Kier alpha value is 0.734. The number of allylic oxidation sites excluding steroid dienone is 4. The van der Waals surface area contributed by atoms with Crippen molar-refractivity contribution >= 4 is 23.2 Å². The Morgan fingerprint density at radius 2 is 2.00 bits per heavy atom. The second-order valence-electron chi connectivity index (χ2n) is 1.81. The van der Waals surface area contributed by atoms with Crippen molar-refractivity contribution in [2.24, 2.45) is 0 Å². The number of halogens is 2. The molecule has 0 aromatic rings. The predicted octanol–water partition coefficient (Wildman–Crippen LogP) is 1.80. The van der Waals surface area contributed by atoms with E-state index in [1.807, 2.05) is 12.2 Å². The van der Waals surface area contributed by atoms with Gasteiger partial charge in [-0.3, -0.25) is 6.08 Å². The van der Waals surface area contributed by atoms with Gasteiger partial charge in [-0.05, 0) is 6.92 Å². The number of rotatable bonds is 0. The van der Waals surface area contributed by atoms with Gasteiger partial charge in [0, 0.05) is 4.52 Å². The first-order valence-electron chi connectivity index (χ1n) is 2.80.